The van der Waals surface area contributed by atoms with Gasteiger partial charge in [-0.2, -0.15) is 0 Å². The lowest BCUT2D eigenvalue weighted by molar-refractivity contribution is -0.143. The Hall–Kier alpha value is -3.39. The highest BCUT2D eigenvalue weighted by Crippen LogP contribution is 2.45. The third-order valence-electron chi connectivity index (χ3n) is 6.47. The van der Waals surface area contributed by atoms with Crippen LogP contribution < -0.4 is 10.6 Å². The maximum atomic E-state index is 12.6. The quantitative estimate of drug-likeness (QED) is 0.511. The second-order valence-corrected chi connectivity index (χ2v) is 8.61. The normalized spacial score (nSPS) is 16.3. The highest BCUT2D eigenvalue weighted by atomic mass is 16.5. The van der Waals surface area contributed by atoms with Crippen LogP contribution >= 0.6 is 0 Å². The molecule has 174 valence electrons. The van der Waals surface area contributed by atoms with Gasteiger partial charge in [0, 0.05) is 32.6 Å². The fraction of sp³-hybridized carbons (Fsp3) is 0.400. The molecule has 1 atom stereocenters. The van der Waals surface area contributed by atoms with Crippen LogP contribution in [0, 0.1) is 5.41 Å². The molecule has 0 aromatic heterocycles. The molecule has 2 aliphatic rings. The van der Waals surface area contributed by atoms with E-state index in [-0.39, 0.29) is 32.1 Å². The molecular formula is C25H28N2O6. The van der Waals surface area contributed by atoms with Crippen molar-refractivity contribution in [1.29, 1.82) is 0 Å². The molecule has 33 heavy (non-hydrogen) atoms. The Bertz CT molecular complexity index is 1000. The molecule has 2 amide bonds. The van der Waals surface area contributed by atoms with Crippen LogP contribution in [-0.2, 0) is 19.1 Å². The number of aliphatic carboxylic acids is 1. The van der Waals surface area contributed by atoms with Gasteiger partial charge in [-0.1, -0.05) is 48.5 Å². The van der Waals surface area contributed by atoms with E-state index in [1.807, 2.05) is 36.4 Å². The van der Waals surface area contributed by atoms with E-state index in [0.717, 1.165) is 22.3 Å². The van der Waals surface area contributed by atoms with Gasteiger partial charge in [-0.3, -0.25) is 9.59 Å². The van der Waals surface area contributed by atoms with Crippen molar-refractivity contribution in [3.8, 4) is 11.1 Å². The molecular weight excluding hydrogens is 424 g/mol. The van der Waals surface area contributed by atoms with E-state index in [2.05, 4.69) is 22.8 Å². The zero-order valence-corrected chi connectivity index (χ0v) is 18.5. The Balaban J connectivity index is 1.37. The predicted molar refractivity (Wildman–Crippen MR) is 121 cm³/mol. The van der Waals surface area contributed by atoms with Crippen molar-refractivity contribution in [3.63, 3.8) is 0 Å². The van der Waals surface area contributed by atoms with Crippen LogP contribution in [0.4, 0.5) is 4.79 Å². The third kappa shape index (κ3) is 4.85. The molecule has 8 nitrogen and oxygen atoms in total. The minimum Gasteiger partial charge on any atom is -0.481 e. The number of methoxy groups -OCH3 is 1. The van der Waals surface area contributed by atoms with E-state index in [0.29, 0.717) is 12.8 Å². The second-order valence-electron chi connectivity index (χ2n) is 8.61. The molecule has 0 bridgehead atoms. The van der Waals surface area contributed by atoms with E-state index in [1.54, 1.807) is 0 Å². The summed E-state index contributed by atoms with van der Waals surface area (Å²) in [7, 11) is 1.51. The number of rotatable bonds is 10. The van der Waals surface area contributed by atoms with Crippen LogP contribution in [0.5, 0.6) is 0 Å². The van der Waals surface area contributed by atoms with Gasteiger partial charge in [-0.15, -0.1) is 0 Å². The number of alkyl carbamates (subject to hydrolysis) is 1. The summed E-state index contributed by atoms with van der Waals surface area (Å²) >= 11 is 0. The third-order valence-corrected chi connectivity index (χ3v) is 6.47. The van der Waals surface area contributed by atoms with Crippen molar-refractivity contribution in [2.75, 3.05) is 26.9 Å². The van der Waals surface area contributed by atoms with Crippen molar-refractivity contribution in [2.45, 2.75) is 31.2 Å². The molecule has 0 radical (unpaired) electrons. The minimum atomic E-state index is -0.916. The van der Waals surface area contributed by atoms with Gasteiger partial charge in [0.1, 0.15) is 12.6 Å². The number of carboxylic acid groups (broad SMARTS) is 1. The predicted octanol–water partition coefficient (Wildman–Crippen LogP) is 2.91. The first kappa shape index (κ1) is 22.8. The first-order valence-electron chi connectivity index (χ1n) is 11.1. The smallest absolute Gasteiger partial charge is 0.407 e. The molecule has 2 aromatic rings. The number of hydrogen-bond acceptors (Lipinski definition) is 5. The van der Waals surface area contributed by atoms with Gasteiger partial charge >= 0.3 is 12.1 Å². The maximum Gasteiger partial charge on any atom is 0.407 e. The van der Waals surface area contributed by atoms with Crippen LogP contribution in [0.15, 0.2) is 48.5 Å². The van der Waals surface area contributed by atoms with Crippen LogP contribution in [0.25, 0.3) is 11.1 Å². The summed E-state index contributed by atoms with van der Waals surface area (Å²) in [6, 6.07) is 15.2. The van der Waals surface area contributed by atoms with Crippen molar-refractivity contribution in [3.05, 3.63) is 59.7 Å². The Kier molecular flexibility index (Phi) is 6.65. The molecule has 2 aliphatic carbocycles. The zero-order valence-electron chi connectivity index (χ0n) is 18.5. The molecule has 0 saturated heterocycles. The number of hydrogen-bond donors (Lipinski definition) is 3. The lowest BCUT2D eigenvalue weighted by Crippen LogP contribution is -2.49. The van der Waals surface area contributed by atoms with Gasteiger partial charge in [0.2, 0.25) is 5.91 Å². The van der Waals surface area contributed by atoms with Crippen molar-refractivity contribution >= 4 is 18.0 Å². The van der Waals surface area contributed by atoms with Crippen LogP contribution in [0.2, 0.25) is 0 Å². The number of amides is 2. The van der Waals surface area contributed by atoms with Crippen LogP contribution in [0.3, 0.4) is 0 Å². The number of nitrogens with one attached hydrogen (secondary N) is 2. The van der Waals surface area contributed by atoms with Gasteiger partial charge in [-0.25, -0.2) is 4.79 Å². The van der Waals surface area contributed by atoms with E-state index in [4.69, 9.17) is 9.47 Å². The van der Waals surface area contributed by atoms with Gasteiger partial charge in [0.05, 0.1) is 5.41 Å². The summed E-state index contributed by atoms with van der Waals surface area (Å²) in [6.45, 7) is 0.434. The highest BCUT2D eigenvalue weighted by Gasteiger charge is 2.50. The summed E-state index contributed by atoms with van der Waals surface area (Å²) < 4.78 is 10.6. The van der Waals surface area contributed by atoms with Crippen molar-refractivity contribution < 1.29 is 29.0 Å². The Morgan fingerprint density at radius 2 is 1.67 bits per heavy atom. The molecule has 2 aromatic carbocycles. The average Bonchev–Trinajstić information content (AvgIpc) is 3.56. The number of carbonyl (C=O) groups is 3. The summed E-state index contributed by atoms with van der Waals surface area (Å²) in [5, 5.41) is 14.6. The van der Waals surface area contributed by atoms with E-state index in [9.17, 15) is 19.5 Å². The average molecular weight is 453 g/mol. The minimum absolute atomic E-state index is 0.0387. The van der Waals surface area contributed by atoms with Crippen molar-refractivity contribution in [2.24, 2.45) is 5.41 Å². The number of benzene rings is 2. The van der Waals surface area contributed by atoms with E-state index in [1.165, 1.54) is 7.11 Å². The number of fused-ring (bicyclic) bond motifs is 3. The fourth-order valence-corrected chi connectivity index (χ4v) is 4.28. The first-order valence-corrected chi connectivity index (χ1v) is 11.1. The molecule has 0 heterocycles. The second kappa shape index (κ2) is 9.62. The summed E-state index contributed by atoms with van der Waals surface area (Å²) in [5.41, 5.74) is 3.58. The van der Waals surface area contributed by atoms with Gasteiger partial charge < -0.3 is 25.2 Å². The topological polar surface area (TPSA) is 114 Å². The number of carboxylic acids is 1. The van der Waals surface area contributed by atoms with E-state index >= 15 is 0 Å². The van der Waals surface area contributed by atoms with Crippen LogP contribution in [-0.4, -0.2) is 56.0 Å². The molecule has 1 fully saturated rings. The molecule has 8 heteroatoms. The van der Waals surface area contributed by atoms with Gasteiger partial charge in [0.25, 0.3) is 0 Å². The molecule has 3 N–H and O–H groups in total. The van der Waals surface area contributed by atoms with Crippen LogP contribution in [0.1, 0.15) is 36.3 Å². The largest absolute Gasteiger partial charge is 0.481 e. The molecule has 1 saturated carbocycles. The first-order chi connectivity index (χ1) is 15.9. The Labute approximate surface area is 192 Å². The standard InChI is InChI=1S/C25H28N2O6/c1-32-13-10-21(22(28)26-15-25(11-12-25)23(29)30)27-24(31)33-14-20-18-8-4-2-6-16(18)17-7-3-5-9-19(17)20/h2-9,20-21H,10-15H2,1H3,(H,26,28)(H,27,31)(H,29,30). The Morgan fingerprint density at radius 3 is 2.21 bits per heavy atom. The monoisotopic (exact) mass is 452 g/mol. The van der Waals surface area contributed by atoms with Gasteiger partial charge in [-0.05, 0) is 35.1 Å². The van der Waals surface area contributed by atoms with Crippen molar-refractivity contribution in [1.82, 2.24) is 10.6 Å². The fourth-order valence-electron chi connectivity index (χ4n) is 4.28. The summed E-state index contributed by atoms with van der Waals surface area (Å²) in [6.07, 6.45) is 0.607. The summed E-state index contributed by atoms with van der Waals surface area (Å²) in [4.78, 5) is 36.6. The molecule has 4 rings (SSSR count). The SMILES string of the molecule is COCCC(NC(=O)OCC1c2ccccc2-c2ccccc21)C(=O)NCC1(C(=O)O)CC1. The lowest BCUT2D eigenvalue weighted by Gasteiger charge is -2.20. The Morgan fingerprint density at radius 1 is 1.06 bits per heavy atom. The maximum absolute atomic E-state index is 12.6. The van der Waals surface area contributed by atoms with E-state index < -0.39 is 29.4 Å². The number of ether oxygens (including phenoxy) is 2. The highest BCUT2D eigenvalue weighted by molar-refractivity contribution is 5.87. The lowest BCUT2D eigenvalue weighted by atomic mass is 9.98. The molecule has 0 aliphatic heterocycles. The summed E-state index contributed by atoms with van der Waals surface area (Å²) in [5.74, 6) is -1.45. The number of carbonyl (C=O) groups excluding carboxylic acids is 2. The zero-order chi connectivity index (χ0) is 23.4. The molecule has 1 unspecified atom stereocenters. The molecule has 0 spiro atoms. The van der Waals surface area contributed by atoms with Gasteiger partial charge in [0.15, 0.2) is 0 Å².